The lowest BCUT2D eigenvalue weighted by Crippen LogP contribution is -2.41. The summed E-state index contributed by atoms with van der Waals surface area (Å²) in [6, 6.07) is 7.67. The first-order valence-electron chi connectivity index (χ1n) is 6.69. The van der Waals surface area contributed by atoms with E-state index in [0.717, 1.165) is 37.2 Å². The normalized spacial score (nSPS) is 19.3. The summed E-state index contributed by atoms with van der Waals surface area (Å²) in [6.45, 7) is 1.67. The average Bonchev–Trinajstić information content (AvgIpc) is 2.48. The average molecular weight is 282 g/mol. The van der Waals surface area contributed by atoms with Crippen LogP contribution in [0.25, 0.3) is 0 Å². The third-order valence-electron chi connectivity index (χ3n) is 3.60. The molecule has 0 radical (unpaired) electrons. The van der Waals surface area contributed by atoms with Crippen molar-refractivity contribution in [3.8, 4) is 5.75 Å². The minimum atomic E-state index is 0.194. The van der Waals surface area contributed by atoms with Crippen LogP contribution in [-0.2, 0) is 11.2 Å². The third kappa shape index (κ3) is 3.87. The highest BCUT2D eigenvalue weighted by atomic mass is 35.5. The Morgan fingerprint density at radius 1 is 1.42 bits per heavy atom. The van der Waals surface area contributed by atoms with E-state index in [1.54, 1.807) is 7.11 Å². The van der Waals surface area contributed by atoms with Gasteiger partial charge in [-0.2, -0.15) is 0 Å². The molecule has 3 nitrogen and oxygen atoms in total. The van der Waals surface area contributed by atoms with E-state index in [-0.39, 0.29) is 5.91 Å². The standard InChI is InChI=1S/C15H20ClNO2/c1-19-14-6-4-12(5-7-14)9-15(18)17-8-2-3-13(10-16)11-17/h4-7,13H,2-3,8-11H2,1H3. The van der Waals surface area contributed by atoms with Crippen LogP contribution < -0.4 is 4.74 Å². The number of methoxy groups -OCH3 is 1. The van der Waals surface area contributed by atoms with Crippen molar-refractivity contribution < 1.29 is 9.53 Å². The maximum atomic E-state index is 12.2. The number of carbonyl (C=O) groups is 1. The summed E-state index contributed by atoms with van der Waals surface area (Å²) in [5, 5.41) is 0. The van der Waals surface area contributed by atoms with Gasteiger partial charge in [0.2, 0.25) is 5.91 Å². The monoisotopic (exact) mass is 281 g/mol. The highest BCUT2D eigenvalue weighted by Crippen LogP contribution is 2.19. The highest BCUT2D eigenvalue weighted by molar-refractivity contribution is 6.18. The first-order valence-corrected chi connectivity index (χ1v) is 7.23. The fraction of sp³-hybridized carbons (Fsp3) is 0.533. The zero-order valence-electron chi connectivity index (χ0n) is 11.3. The van der Waals surface area contributed by atoms with Crippen LogP contribution in [0.3, 0.4) is 0 Å². The number of likely N-dealkylation sites (tertiary alicyclic amines) is 1. The predicted molar refractivity (Wildman–Crippen MR) is 76.7 cm³/mol. The van der Waals surface area contributed by atoms with E-state index in [4.69, 9.17) is 16.3 Å². The van der Waals surface area contributed by atoms with Crippen LogP contribution in [0.1, 0.15) is 18.4 Å². The van der Waals surface area contributed by atoms with Crippen molar-refractivity contribution in [2.24, 2.45) is 5.92 Å². The van der Waals surface area contributed by atoms with E-state index >= 15 is 0 Å². The molecule has 1 aliphatic rings. The molecule has 4 heteroatoms. The molecule has 0 aromatic heterocycles. The second-order valence-electron chi connectivity index (χ2n) is 5.03. The minimum Gasteiger partial charge on any atom is -0.497 e. The van der Waals surface area contributed by atoms with Gasteiger partial charge in [0.05, 0.1) is 13.5 Å². The van der Waals surface area contributed by atoms with E-state index in [1.807, 2.05) is 29.2 Å². The Hall–Kier alpha value is -1.22. The van der Waals surface area contributed by atoms with E-state index in [2.05, 4.69) is 0 Å². The van der Waals surface area contributed by atoms with Gasteiger partial charge in [-0.05, 0) is 36.5 Å². The fourth-order valence-electron chi connectivity index (χ4n) is 2.45. The van der Waals surface area contributed by atoms with Crippen molar-refractivity contribution in [1.82, 2.24) is 4.90 Å². The highest BCUT2D eigenvalue weighted by Gasteiger charge is 2.22. The summed E-state index contributed by atoms with van der Waals surface area (Å²) in [4.78, 5) is 14.2. The van der Waals surface area contributed by atoms with Gasteiger partial charge in [0.15, 0.2) is 0 Å². The lowest BCUT2D eigenvalue weighted by Gasteiger charge is -2.32. The predicted octanol–water partition coefficient (Wildman–Crippen LogP) is 2.72. The molecule has 104 valence electrons. The Morgan fingerprint density at radius 2 is 2.16 bits per heavy atom. The number of amides is 1. The second kappa shape index (κ2) is 6.80. The van der Waals surface area contributed by atoms with Crippen LogP contribution in [0.4, 0.5) is 0 Å². The Bertz CT molecular complexity index is 419. The van der Waals surface area contributed by atoms with Gasteiger partial charge in [0, 0.05) is 19.0 Å². The Balaban J connectivity index is 1.92. The van der Waals surface area contributed by atoms with E-state index < -0.39 is 0 Å². The summed E-state index contributed by atoms with van der Waals surface area (Å²) in [7, 11) is 1.64. The molecule has 0 saturated carbocycles. The number of halogens is 1. The van der Waals surface area contributed by atoms with Crippen LogP contribution in [0.2, 0.25) is 0 Å². The molecule has 0 bridgehead atoms. The molecule has 1 aliphatic heterocycles. The fourth-order valence-corrected chi connectivity index (χ4v) is 2.70. The molecule has 0 N–H and O–H groups in total. The number of hydrogen-bond donors (Lipinski definition) is 0. The Kier molecular flexibility index (Phi) is 5.08. The molecular weight excluding hydrogens is 262 g/mol. The first kappa shape index (κ1) is 14.2. The number of rotatable bonds is 4. The smallest absolute Gasteiger partial charge is 0.226 e. The van der Waals surface area contributed by atoms with Crippen LogP contribution in [0.15, 0.2) is 24.3 Å². The lowest BCUT2D eigenvalue weighted by atomic mass is 9.99. The van der Waals surface area contributed by atoms with E-state index in [0.29, 0.717) is 18.2 Å². The van der Waals surface area contributed by atoms with Gasteiger partial charge in [-0.3, -0.25) is 4.79 Å². The van der Waals surface area contributed by atoms with Gasteiger partial charge in [-0.1, -0.05) is 12.1 Å². The van der Waals surface area contributed by atoms with Crippen LogP contribution in [-0.4, -0.2) is 36.9 Å². The largest absolute Gasteiger partial charge is 0.497 e. The molecule has 1 amide bonds. The molecule has 19 heavy (non-hydrogen) atoms. The molecule has 1 saturated heterocycles. The number of hydrogen-bond acceptors (Lipinski definition) is 2. The van der Waals surface area contributed by atoms with Crippen LogP contribution in [0, 0.1) is 5.92 Å². The lowest BCUT2D eigenvalue weighted by molar-refractivity contribution is -0.132. The number of piperidine rings is 1. The van der Waals surface area contributed by atoms with Gasteiger partial charge >= 0.3 is 0 Å². The summed E-state index contributed by atoms with van der Waals surface area (Å²) in [5.41, 5.74) is 1.03. The molecule has 1 aromatic carbocycles. The summed E-state index contributed by atoms with van der Waals surface area (Å²) in [5.74, 6) is 2.11. The second-order valence-corrected chi connectivity index (χ2v) is 5.34. The molecular formula is C15H20ClNO2. The van der Waals surface area contributed by atoms with Gasteiger partial charge in [-0.25, -0.2) is 0 Å². The number of alkyl halides is 1. The molecule has 2 rings (SSSR count). The molecule has 0 aliphatic carbocycles. The summed E-state index contributed by atoms with van der Waals surface area (Å²) < 4.78 is 5.11. The maximum absolute atomic E-state index is 12.2. The van der Waals surface area contributed by atoms with Crippen molar-refractivity contribution in [2.75, 3.05) is 26.1 Å². The quantitative estimate of drug-likeness (QED) is 0.794. The molecule has 0 spiro atoms. The zero-order chi connectivity index (χ0) is 13.7. The molecule has 1 aromatic rings. The Labute approximate surface area is 119 Å². The van der Waals surface area contributed by atoms with Crippen molar-refractivity contribution in [1.29, 1.82) is 0 Å². The van der Waals surface area contributed by atoms with Crippen LogP contribution in [0.5, 0.6) is 5.75 Å². The molecule has 1 fully saturated rings. The van der Waals surface area contributed by atoms with Crippen molar-refractivity contribution in [3.63, 3.8) is 0 Å². The summed E-state index contributed by atoms with van der Waals surface area (Å²) in [6.07, 6.45) is 2.65. The van der Waals surface area contributed by atoms with Gasteiger partial charge < -0.3 is 9.64 Å². The topological polar surface area (TPSA) is 29.5 Å². The van der Waals surface area contributed by atoms with Gasteiger partial charge in [0.25, 0.3) is 0 Å². The zero-order valence-corrected chi connectivity index (χ0v) is 12.0. The van der Waals surface area contributed by atoms with Gasteiger partial charge in [0.1, 0.15) is 5.75 Å². The first-order chi connectivity index (χ1) is 9.22. The number of nitrogens with zero attached hydrogens (tertiary/aromatic N) is 1. The van der Waals surface area contributed by atoms with Crippen molar-refractivity contribution in [2.45, 2.75) is 19.3 Å². The van der Waals surface area contributed by atoms with E-state index in [1.165, 1.54) is 0 Å². The number of benzene rings is 1. The Morgan fingerprint density at radius 3 is 2.79 bits per heavy atom. The maximum Gasteiger partial charge on any atom is 0.226 e. The molecule has 1 heterocycles. The minimum absolute atomic E-state index is 0.194. The number of ether oxygens (including phenoxy) is 1. The SMILES string of the molecule is COc1ccc(CC(=O)N2CCCC(CCl)C2)cc1. The van der Waals surface area contributed by atoms with Gasteiger partial charge in [-0.15, -0.1) is 11.6 Å². The summed E-state index contributed by atoms with van der Waals surface area (Å²) >= 11 is 5.89. The van der Waals surface area contributed by atoms with Crippen molar-refractivity contribution in [3.05, 3.63) is 29.8 Å². The van der Waals surface area contributed by atoms with Crippen molar-refractivity contribution >= 4 is 17.5 Å². The van der Waals surface area contributed by atoms with E-state index in [9.17, 15) is 4.79 Å². The molecule has 1 unspecified atom stereocenters. The van der Waals surface area contributed by atoms with Crippen LogP contribution >= 0.6 is 11.6 Å². The number of carbonyl (C=O) groups excluding carboxylic acids is 1. The molecule has 1 atom stereocenters. The third-order valence-corrected chi connectivity index (χ3v) is 4.04.